The zero-order chi connectivity index (χ0) is 18.4. The number of hydrogen-bond acceptors (Lipinski definition) is 3. The van der Waals surface area contributed by atoms with Gasteiger partial charge in [-0.05, 0) is 37.9 Å². The number of carbonyl (C=O) groups excluding carboxylic acids is 1. The van der Waals surface area contributed by atoms with Gasteiger partial charge in [-0.25, -0.2) is 8.78 Å². The Bertz CT molecular complexity index is 705. The second kappa shape index (κ2) is 8.69. The van der Waals surface area contributed by atoms with Gasteiger partial charge < -0.3 is 10.0 Å². The maximum absolute atomic E-state index is 13.9. The van der Waals surface area contributed by atoms with Crippen LogP contribution in [0, 0.1) is 11.6 Å². The van der Waals surface area contributed by atoms with Gasteiger partial charge in [0.25, 0.3) is 0 Å². The van der Waals surface area contributed by atoms with Crippen molar-refractivity contribution in [1.82, 2.24) is 9.80 Å². The number of hydrogen-bond donors (Lipinski definition) is 1. The van der Waals surface area contributed by atoms with Gasteiger partial charge in [0.15, 0.2) is 0 Å². The van der Waals surface area contributed by atoms with Crippen LogP contribution in [0.5, 0.6) is 0 Å². The van der Waals surface area contributed by atoms with E-state index in [1.54, 1.807) is 49.3 Å². The van der Waals surface area contributed by atoms with Crippen molar-refractivity contribution in [3.8, 4) is 0 Å². The Morgan fingerprint density at radius 3 is 2.28 bits per heavy atom. The molecule has 1 atom stereocenters. The predicted molar refractivity (Wildman–Crippen MR) is 91.7 cm³/mol. The first-order chi connectivity index (χ1) is 11.9. The second-order valence-corrected chi connectivity index (χ2v) is 5.99. The Balaban J connectivity index is 2.29. The lowest BCUT2D eigenvalue weighted by molar-refractivity contribution is -0.137. The molecule has 0 radical (unpaired) electrons. The van der Waals surface area contributed by atoms with Crippen LogP contribution in [0.15, 0.2) is 48.5 Å². The van der Waals surface area contributed by atoms with Gasteiger partial charge in [0.2, 0.25) is 5.91 Å². The number of aliphatic hydroxyl groups is 1. The van der Waals surface area contributed by atoms with Crippen molar-refractivity contribution in [2.75, 3.05) is 27.2 Å². The maximum Gasteiger partial charge on any atom is 0.244 e. The average molecular weight is 348 g/mol. The zero-order valence-electron chi connectivity index (χ0n) is 14.3. The highest BCUT2D eigenvalue weighted by molar-refractivity contribution is 5.83. The number of amides is 1. The third kappa shape index (κ3) is 4.84. The molecule has 0 aliphatic rings. The summed E-state index contributed by atoms with van der Waals surface area (Å²) in [5.41, 5.74) is 1.01. The molecule has 0 aromatic heterocycles. The van der Waals surface area contributed by atoms with E-state index in [2.05, 4.69) is 0 Å². The third-order valence-electron chi connectivity index (χ3n) is 3.94. The highest BCUT2D eigenvalue weighted by atomic mass is 19.1. The van der Waals surface area contributed by atoms with E-state index in [1.807, 2.05) is 0 Å². The molecule has 0 aliphatic heterocycles. The molecule has 2 rings (SSSR count). The average Bonchev–Trinajstić information content (AvgIpc) is 2.58. The van der Waals surface area contributed by atoms with Crippen LogP contribution >= 0.6 is 0 Å². The highest BCUT2D eigenvalue weighted by Crippen LogP contribution is 2.23. The van der Waals surface area contributed by atoms with Crippen LogP contribution < -0.4 is 0 Å². The summed E-state index contributed by atoms with van der Waals surface area (Å²) in [5.74, 6) is -1.07. The highest BCUT2D eigenvalue weighted by Gasteiger charge is 2.28. The Morgan fingerprint density at radius 1 is 1.08 bits per heavy atom. The summed E-state index contributed by atoms with van der Waals surface area (Å²) in [6, 6.07) is 11.3. The summed E-state index contributed by atoms with van der Waals surface area (Å²) in [5, 5.41) is 9.31. The van der Waals surface area contributed by atoms with E-state index in [0.29, 0.717) is 11.1 Å². The van der Waals surface area contributed by atoms with Crippen molar-refractivity contribution >= 4 is 5.91 Å². The molecule has 0 heterocycles. The second-order valence-electron chi connectivity index (χ2n) is 5.99. The number of halogens is 2. The molecule has 0 spiro atoms. The van der Waals surface area contributed by atoms with E-state index in [-0.39, 0.29) is 31.4 Å². The van der Waals surface area contributed by atoms with E-state index in [0.717, 1.165) is 0 Å². The lowest BCUT2D eigenvalue weighted by Crippen LogP contribution is -2.41. The summed E-state index contributed by atoms with van der Waals surface area (Å²) in [4.78, 5) is 16.2. The number of aliphatic hydroxyl groups excluding tert-OH is 1. The summed E-state index contributed by atoms with van der Waals surface area (Å²) in [6.45, 7) is -0.0972. The summed E-state index contributed by atoms with van der Waals surface area (Å²) in [6.07, 6.45) is 0. The van der Waals surface area contributed by atoms with Crippen molar-refractivity contribution in [2.24, 2.45) is 0 Å². The minimum atomic E-state index is -0.654. The van der Waals surface area contributed by atoms with Crippen LogP contribution in [-0.2, 0) is 11.3 Å². The van der Waals surface area contributed by atoms with Crippen molar-refractivity contribution in [1.29, 1.82) is 0 Å². The fourth-order valence-electron chi connectivity index (χ4n) is 2.70. The van der Waals surface area contributed by atoms with E-state index in [4.69, 9.17) is 0 Å². The fourth-order valence-corrected chi connectivity index (χ4v) is 2.70. The summed E-state index contributed by atoms with van der Waals surface area (Å²) >= 11 is 0. The Labute approximate surface area is 146 Å². The minimum Gasteiger partial charge on any atom is -0.395 e. The molecular weight excluding hydrogens is 326 g/mol. The van der Waals surface area contributed by atoms with Gasteiger partial charge >= 0.3 is 0 Å². The lowest BCUT2D eigenvalue weighted by atomic mass is 10.0. The monoisotopic (exact) mass is 348 g/mol. The van der Waals surface area contributed by atoms with Crippen LogP contribution in [0.1, 0.15) is 17.2 Å². The number of nitrogens with zero attached hydrogens (tertiary/aromatic N) is 2. The SMILES string of the molecule is CN(C)[C@H](C(=O)N(CCO)Cc1ccccc1F)c1ccc(F)cc1. The van der Waals surface area contributed by atoms with E-state index in [9.17, 15) is 18.7 Å². The van der Waals surface area contributed by atoms with Crippen molar-refractivity contribution < 1.29 is 18.7 Å². The van der Waals surface area contributed by atoms with Gasteiger partial charge in [-0.3, -0.25) is 9.69 Å². The van der Waals surface area contributed by atoms with Crippen LogP contribution in [0.3, 0.4) is 0 Å². The Kier molecular flexibility index (Phi) is 6.61. The molecule has 0 bridgehead atoms. The van der Waals surface area contributed by atoms with Crippen molar-refractivity contribution in [2.45, 2.75) is 12.6 Å². The molecule has 1 N–H and O–H groups in total. The maximum atomic E-state index is 13.9. The Morgan fingerprint density at radius 2 is 1.72 bits per heavy atom. The zero-order valence-corrected chi connectivity index (χ0v) is 14.3. The number of likely N-dealkylation sites (N-methyl/N-ethyl adjacent to an activating group) is 1. The molecule has 0 saturated carbocycles. The molecule has 0 unspecified atom stereocenters. The Hall–Kier alpha value is -2.31. The molecule has 0 aliphatic carbocycles. The topological polar surface area (TPSA) is 43.8 Å². The fraction of sp³-hybridized carbons (Fsp3) is 0.316. The van der Waals surface area contributed by atoms with Gasteiger partial charge in [-0.2, -0.15) is 0 Å². The van der Waals surface area contributed by atoms with Gasteiger partial charge in [-0.1, -0.05) is 30.3 Å². The van der Waals surface area contributed by atoms with Crippen molar-refractivity contribution in [3.63, 3.8) is 0 Å². The van der Waals surface area contributed by atoms with Gasteiger partial charge in [-0.15, -0.1) is 0 Å². The smallest absolute Gasteiger partial charge is 0.244 e. The van der Waals surface area contributed by atoms with Gasteiger partial charge in [0.05, 0.1) is 6.61 Å². The lowest BCUT2D eigenvalue weighted by Gasteiger charge is -2.31. The molecule has 2 aromatic rings. The van der Waals surface area contributed by atoms with Crippen LogP contribution in [0.2, 0.25) is 0 Å². The van der Waals surface area contributed by atoms with Crippen LogP contribution in [0.4, 0.5) is 8.78 Å². The van der Waals surface area contributed by atoms with Crippen LogP contribution in [0.25, 0.3) is 0 Å². The van der Waals surface area contributed by atoms with Crippen molar-refractivity contribution in [3.05, 3.63) is 71.3 Å². The summed E-state index contributed by atoms with van der Waals surface area (Å²) in [7, 11) is 3.48. The molecule has 6 heteroatoms. The first-order valence-corrected chi connectivity index (χ1v) is 7.99. The molecule has 25 heavy (non-hydrogen) atoms. The van der Waals surface area contributed by atoms with E-state index >= 15 is 0 Å². The minimum absolute atomic E-state index is 0.0532. The largest absolute Gasteiger partial charge is 0.395 e. The number of carbonyl (C=O) groups is 1. The number of rotatable bonds is 7. The molecule has 1 amide bonds. The first kappa shape index (κ1) is 19.0. The normalized spacial score (nSPS) is 12.2. The summed E-state index contributed by atoms with van der Waals surface area (Å²) < 4.78 is 27.1. The van der Waals surface area contributed by atoms with E-state index in [1.165, 1.54) is 23.1 Å². The van der Waals surface area contributed by atoms with E-state index < -0.39 is 11.9 Å². The predicted octanol–water partition coefficient (Wildman–Crippen LogP) is 2.59. The number of benzene rings is 2. The van der Waals surface area contributed by atoms with Crippen LogP contribution in [-0.4, -0.2) is 48.1 Å². The molecule has 4 nitrogen and oxygen atoms in total. The molecule has 0 fully saturated rings. The third-order valence-corrected chi connectivity index (χ3v) is 3.94. The van der Waals surface area contributed by atoms with Gasteiger partial charge in [0, 0.05) is 18.7 Å². The first-order valence-electron chi connectivity index (χ1n) is 7.99. The quantitative estimate of drug-likeness (QED) is 0.836. The molecule has 0 saturated heterocycles. The van der Waals surface area contributed by atoms with Gasteiger partial charge in [0.1, 0.15) is 17.7 Å². The molecule has 2 aromatic carbocycles. The standard InChI is InChI=1S/C19H22F2N2O2/c1-22(2)18(14-7-9-16(20)10-8-14)19(25)23(11-12-24)13-15-5-3-4-6-17(15)21/h3-10,18,24H,11-13H2,1-2H3/t18-/m0/s1. The molecule has 134 valence electrons. The molecular formula is C19H22F2N2O2.